The van der Waals surface area contributed by atoms with Gasteiger partial charge in [-0.15, -0.1) is 0 Å². The normalized spacial score (nSPS) is 18.9. The predicted molar refractivity (Wildman–Crippen MR) is 116 cm³/mol. The first-order chi connectivity index (χ1) is 17.2. The Hall–Kier alpha value is -3.20. The molecule has 0 saturated heterocycles. The van der Waals surface area contributed by atoms with E-state index in [0.717, 1.165) is 11.0 Å². The average Bonchev–Trinajstić information content (AvgIpc) is 3.02. The molecule has 1 aromatic carbocycles. The summed E-state index contributed by atoms with van der Waals surface area (Å²) in [4.78, 5) is 28.7. The van der Waals surface area contributed by atoms with E-state index in [1.807, 2.05) is 4.90 Å². The second kappa shape index (κ2) is 9.93. The molecule has 1 atom stereocenters. The molecule has 15 heteroatoms. The summed E-state index contributed by atoms with van der Waals surface area (Å²) in [5.41, 5.74) is -0.767. The highest BCUT2D eigenvalue weighted by molar-refractivity contribution is 6.09. The van der Waals surface area contributed by atoms with Crippen LogP contribution >= 0.6 is 0 Å². The fourth-order valence-corrected chi connectivity index (χ4v) is 4.55. The molecule has 4 rings (SSSR count). The number of nitrogens with one attached hydrogen (secondary N) is 2. The third kappa shape index (κ3) is 6.04. The number of anilines is 1. The lowest BCUT2D eigenvalue weighted by atomic mass is 10.0. The number of hydrogen-bond acceptors (Lipinski definition) is 5. The number of aromatic nitrogens is 2. The lowest BCUT2D eigenvalue weighted by Gasteiger charge is -2.26. The minimum Gasteiger partial charge on any atom is -0.308 e. The number of fused-ring (bicyclic) bond motifs is 3. The molecule has 0 radical (unpaired) electrons. The number of imide groups is 1. The van der Waals surface area contributed by atoms with Gasteiger partial charge in [0.05, 0.1) is 29.1 Å². The highest BCUT2D eigenvalue weighted by atomic mass is 19.4. The van der Waals surface area contributed by atoms with Crippen molar-refractivity contribution in [1.82, 2.24) is 24.9 Å². The van der Waals surface area contributed by atoms with Crippen molar-refractivity contribution < 1.29 is 40.3 Å². The van der Waals surface area contributed by atoms with Crippen molar-refractivity contribution >= 4 is 17.6 Å². The van der Waals surface area contributed by atoms with Gasteiger partial charge in [-0.1, -0.05) is 0 Å². The zero-order valence-corrected chi connectivity index (χ0v) is 19.5. The molecule has 2 N–H and O–H groups in total. The number of carbonyl (C=O) groups excluding carboxylic acids is 2. The summed E-state index contributed by atoms with van der Waals surface area (Å²) in [6.45, 7) is -0.190. The average molecular weight is 536 g/mol. The van der Waals surface area contributed by atoms with Crippen LogP contribution in [0, 0.1) is 11.7 Å². The molecule has 2 aliphatic rings. The molecular formula is C22H23F7N6O2. The molecule has 3 heterocycles. The van der Waals surface area contributed by atoms with Crippen molar-refractivity contribution in [2.24, 2.45) is 5.92 Å². The summed E-state index contributed by atoms with van der Waals surface area (Å²) in [5.74, 6) is -2.42. The number of nitrogens with zero attached hydrogens (tertiary/aromatic N) is 4. The Bertz CT molecular complexity index is 1190. The van der Waals surface area contributed by atoms with E-state index in [1.54, 1.807) is 11.7 Å². The van der Waals surface area contributed by atoms with Gasteiger partial charge in [0, 0.05) is 50.7 Å². The van der Waals surface area contributed by atoms with E-state index in [4.69, 9.17) is 0 Å². The first-order valence-corrected chi connectivity index (χ1v) is 11.3. The van der Waals surface area contributed by atoms with Gasteiger partial charge in [-0.2, -0.15) is 31.4 Å². The van der Waals surface area contributed by atoms with Crippen LogP contribution in [0.5, 0.6) is 0 Å². The molecule has 1 unspecified atom stereocenters. The number of hydrogen-bond donors (Lipinski definition) is 2. The van der Waals surface area contributed by atoms with Crippen LogP contribution in [0.15, 0.2) is 18.2 Å². The first-order valence-electron chi connectivity index (χ1n) is 11.3. The Morgan fingerprint density at radius 3 is 2.57 bits per heavy atom. The Morgan fingerprint density at radius 2 is 1.89 bits per heavy atom. The van der Waals surface area contributed by atoms with Crippen LogP contribution < -0.4 is 10.6 Å². The molecule has 2 aliphatic heterocycles. The van der Waals surface area contributed by atoms with Gasteiger partial charge in [0.15, 0.2) is 0 Å². The molecule has 0 saturated carbocycles. The van der Waals surface area contributed by atoms with Crippen molar-refractivity contribution in [2.75, 3.05) is 38.5 Å². The molecule has 0 aliphatic carbocycles. The molecule has 202 valence electrons. The zero-order chi connectivity index (χ0) is 27.1. The first kappa shape index (κ1) is 26.9. The SMILES string of the molecule is CN1Cc2c3c(nn2CC(CNCC(F)(F)F)C1)CCN(C(=O)Nc1ccc(F)c(C(F)(F)F)c1)C3=O. The Balaban J connectivity index is 1.51. The quantitative estimate of drug-likeness (QED) is 0.585. The van der Waals surface area contributed by atoms with Crippen molar-refractivity contribution in [3.05, 3.63) is 46.5 Å². The van der Waals surface area contributed by atoms with Gasteiger partial charge in [0.2, 0.25) is 0 Å². The van der Waals surface area contributed by atoms with E-state index >= 15 is 0 Å². The van der Waals surface area contributed by atoms with Gasteiger partial charge < -0.3 is 15.5 Å². The van der Waals surface area contributed by atoms with E-state index < -0.39 is 42.2 Å². The summed E-state index contributed by atoms with van der Waals surface area (Å²) >= 11 is 0. The van der Waals surface area contributed by atoms with Crippen LogP contribution in [-0.4, -0.2) is 70.9 Å². The number of carbonyl (C=O) groups is 2. The fraction of sp³-hybridized carbons (Fsp3) is 0.500. The number of alkyl halides is 6. The summed E-state index contributed by atoms with van der Waals surface area (Å²) < 4.78 is 91.6. The molecule has 2 aromatic rings. The second-order valence-electron chi connectivity index (χ2n) is 9.09. The zero-order valence-electron chi connectivity index (χ0n) is 19.5. The summed E-state index contributed by atoms with van der Waals surface area (Å²) in [5, 5.41) is 9.07. The van der Waals surface area contributed by atoms with Crippen molar-refractivity contribution in [2.45, 2.75) is 31.9 Å². The number of amides is 3. The Labute approximate surface area is 206 Å². The van der Waals surface area contributed by atoms with Gasteiger partial charge >= 0.3 is 18.4 Å². The summed E-state index contributed by atoms with van der Waals surface area (Å²) in [6, 6.07) is 0.991. The monoisotopic (exact) mass is 536 g/mol. The number of urea groups is 1. The van der Waals surface area contributed by atoms with Gasteiger partial charge in [-0.25, -0.2) is 9.18 Å². The van der Waals surface area contributed by atoms with Crippen molar-refractivity contribution in [3.8, 4) is 0 Å². The third-order valence-electron chi connectivity index (χ3n) is 6.11. The summed E-state index contributed by atoms with van der Waals surface area (Å²) in [6.07, 6.45) is -9.12. The van der Waals surface area contributed by atoms with Gasteiger partial charge in [0.1, 0.15) is 5.82 Å². The molecule has 1 aromatic heterocycles. The van der Waals surface area contributed by atoms with Gasteiger partial charge in [-0.3, -0.25) is 14.4 Å². The maximum Gasteiger partial charge on any atom is 0.419 e. The van der Waals surface area contributed by atoms with Crippen LogP contribution in [0.4, 0.5) is 41.2 Å². The number of halogens is 7. The van der Waals surface area contributed by atoms with Gasteiger partial charge in [0.25, 0.3) is 5.91 Å². The topological polar surface area (TPSA) is 82.5 Å². The van der Waals surface area contributed by atoms with Crippen LogP contribution in [0.25, 0.3) is 0 Å². The molecule has 0 bridgehead atoms. The highest BCUT2D eigenvalue weighted by Crippen LogP contribution is 2.33. The maximum atomic E-state index is 13.6. The van der Waals surface area contributed by atoms with Crippen LogP contribution in [0.1, 0.15) is 27.3 Å². The standard InChI is InChI=1S/C22H23F7N6O2/c1-33-8-12(7-30-11-21(24,25)26)9-35-17(10-33)18-16(32-35)4-5-34(19(18)36)20(37)31-13-2-3-15(23)14(6-13)22(27,28)29/h2-3,6,12,30H,4-5,7-11H2,1H3,(H,31,37). The molecule has 0 spiro atoms. The predicted octanol–water partition coefficient (Wildman–Crippen LogP) is 3.48. The number of benzene rings is 1. The Kier molecular flexibility index (Phi) is 7.21. The third-order valence-corrected chi connectivity index (χ3v) is 6.11. The van der Waals surface area contributed by atoms with E-state index in [-0.39, 0.29) is 49.8 Å². The largest absolute Gasteiger partial charge is 0.419 e. The van der Waals surface area contributed by atoms with Gasteiger partial charge in [-0.05, 0) is 25.2 Å². The van der Waals surface area contributed by atoms with E-state index in [0.29, 0.717) is 30.1 Å². The van der Waals surface area contributed by atoms with E-state index in [9.17, 15) is 40.3 Å². The molecule has 8 nitrogen and oxygen atoms in total. The maximum absolute atomic E-state index is 13.6. The second-order valence-corrected chi connectivity index (χ2v) is 9.09. The van der Waals surface area contributed by atoms with E-state index in [1.165, 1.54) is 0 Å². The fourth-order valence-electron chi connectivity index (χ4n) is 4.55. The molecule has 3 amide bonds. The lowest BCUT2D eigenvalue weighted by molar-refractivity contribution is -0.140. The van der Waals surface area contributed by atoms with Crippen LogP contribution in [0.3, 0.4) is 0 Å². The van der Waals surface area contributed by atoms with Crippen molar-refractivity contribution in [3.63, 3.8) is 0 Å². The molecule has 37 heavy (non-hydrogen) atoms. The lowest BCUT2D eigenvalue weighted by Crippen LogP contribution is -2.44. The minimum atomic E-state index is -4.97. The highest BCUT2D eigenvalue weighted by Gasteiger charge is 2.38. The summed E-state index contributed by atoms with van der Waals surface area (Å²) in [7, 11) is 1.75. The van der Waals surface area contributed by atoms with E-state index in [2.05, 4.69) is 15.7 Å². The van der Waals surface area contributed by atoms with Crippen molar-refractivity contribution in [1.29, 1.82) is 0 Å². The van der Waals surface area contributed by atoms with Crippen LogP contribution in [0.2, 0.25) is 0 Å². The minimum absolute atomic E-state index is 0.0773. The smallest absolute Gasteiger partial charge is 0.308 e. The van der Waals surface area contributed by atoms with Crippen LogP contribution in [-0.2, 0) is 25.7 Å². The molecular weight excluding hydrogens is 513 g/mol. The number of rotatable bonds is 4. The Morgan fingerprint density at radius 1 is 1.16 bits per heavy atom. The molecule has 0 fully saturated rings.